The highest BCUT2D eigenvalue weighted by Crippen LogP contribution is 2.67. The lowest BCUT2D eigenvalue weighted by Crippen LogP contribution is -2.40. The third-order valence-corrected chi connectivity index (χ3v) is 19.6. The molecular weight excluding hydrogens is 1080 g/mol. The van der Waals surface area contributed by atoms with Crippen molar-refractivity contribution in [2.75, 3.05) is 26.1 Å². The van der Waals surface area contributed by atoms with E-state index in [2.05, 4.69) is 19.9 Å². The van der Waals surface area contributed by atoms with Crippen molar-refractivity contribution in [2.24, 2.45) is 0 Å². The van der Waals surface area contributed by atoms with Gasteiger partial charge in [0.2, 0.25) is 0 Å². The van der Waals surface area contributed by atoms with Gasteiger partial charge in [0.05, 0.1) is 36.8 Å². The molecule has 3 aliphatic rings. The number of carbonyl (C=O) groups excluding carboxylic acids is 3. The Labute approximate surface area is 444 Å². The van der Waals surface area contributed by atoms with E-state index in [1.165, 1.54) is 79.1 Å². The first-order chi connectivity index (χ1) is 37.1. The zero-order chi connectivity index (χ0) is 53.8. The Morgan fingerprint density at radius 3 is 1.99 bits per heavy atom. The highest BCUT2D eigenvalue weighted by molar-refractivity contribution is 8.55. The first kappa shape index (κ1) is 53.6. The second-order valence-corrected chi connectivity index (χ2v) is 25.4. The molecule has 0 amide bonds. The zero-order valence-corrected chi connectivity index (χ0v) is 43.6. The fourth-order valence-electron chi connectivity index (χ4n) is 8.40. The van der Waals surface area contributed by atoms with Gasteiger partial charge in [-0.1, -0.05) is 36.4 Å². The van der Waals surface area contributed by atoms with Crippen molar-refractivity contribution in [3.63, 3.8) is 0 Å². The SMILES string of the molecule is CO[C@H]1[C@H]2OP(=O)(SCc3ccc(OC(=O)c4ccc(O)cc4)cc3)OC[C@@H]3C[C@@H](OP(=O)(SCc4ccc(OC(=O)c5ccc(C=O)cc5)cc4)OC[C@H]1O[C@H]2n1ccc(=O)[nH]c1=O)[C@H](n1cnc2c(N)ncnc21)O3. The minimum Gasteiger partial charge on any atom is -0.508 e. The number of hydrogen-bond donors (Lipinski definition) is 3. The van der Waals surface area contributed by atoms with E-state index in [0.29, 0.717) is 23.0 Å². The van der Waals surface area contributed by atoms with Crippen LogP contribution >= 0.6 is 36.4 Å². The summed E-state index contributed by atoms with van der Waals surface area (Å²) in [6, 6.07) is 25.4. The summed E-state index contributed by atoms with van der Waals surface area (Å²) in [5, 5.41) is 9.61. The maximum absolute atomic E-state index is 15.4. The summed E-state index contributed by atoms with van der Waals surface area (Å²) in [7, 11) is 1.33. The summed E-state index contributed by atoms with van der Waals surface area (Å²) in [6.45, 7) is -9.69. The Hall–Kier alpha value is -6.80. The molecule has 0 saturated carbocycles. The molecule has 9 atom stereocenters. The van der Waals surface area contributed by atoms with Crippen LogP contribution in [0.4, 0.5) is 5.82 Å². The van der Waals surface area contributed by atoms with Gasteiger partial charge >= 0.3 is 31.2 Å². The summed E-state index contributed by atoms with van der Waals surface area (Å²) >= 11 is 1.63. The van der Waals surface area contributed by atoms with E-state index in [1.54, 1.807) is 48.5 Å². The Bertz CT molecular complexity index is 3520. The second kappa shape index (κ2) is 23.0. The topological polar surface area (TPSA) is 313 Å². The molecular formula is C49H45N7O17P2S2. The van der Waals surface area contributed by atoms with Crippen LogP contribution in [0.1, 0.15) is 61.1 Å². The second-order valence-electron chi connectivity index (χ2n) is 17.4. The van der Waals surface area contributed by atoms with E-state index >= 15 is 9.13 Å². The Morgan fingerprint density at radius 1 is 0.766 bits per heavy atom. The van der Waals surface area contributed by atoms with Gasteiger partial charge in [0, 0.05) is 42.9 Å². The highest BCUT2D eigenvalue weighted by atomic mass is 32.7. The number of fused-ring (bicyclic) bond motifs is 5. The number of methoxy groups -OCH3 is 1. The molecule has 0 aliphatic carbocycles. The van der Waals surface area contributed by atoms with Gasteiger partial charge in [-0.15, -0.1) is 0 Å². The summed E-state index contributed by atoms with van der Waals surface area (Å²) < 4.78 is 88.9. The van der Waals surface area contributed by atoms with Gasteiger partial charge in [0.15, 0.2) is 23.9 Å². The van der Waals surface area contributed by atoms with Crippen LogP contribution in [-0.4, -0.2) is 103 Å². The van der Waals surface area contributed by atoms with E-state index in [0.717, 1.165) is 33.4 Å². The number of esters is 2. The number of carbonyl (C=O) groups is 3. The van der Waals surface area contributed by atoms with Crippen molar-refractivity contribution in [3.8, 4) is 17.2 Å². The molecule has 3 aliphatic heterocycles. The normalized spacial score (nSPS) is 25.4. The Balaban J connectivity index is 0.937. The van der Waals surface area contributed by atoms with Gasteiger partial charge < -0.3 is 34.5 Å². The number of phenols is 1. The first-order valence-corrected chi connectivity index (χ1v) is 29.6. The highest BCUT2D eigenvalue weighted by Gasteiger charge is 2.53. The van der Waals surface area contributed by atoms with E-state index in [1.807, 2.05) is 0 Å². The summed E-state index contributed by atoms with van der Waals surface area (Å²) in [5.41, 5.74) is 7.17. The number of anilines is 1. The molecule has 0 radical (unpaired) electrons. The molecule has 3 fully saturated rings. The Kier molecular flexibility index (Phi) is 16.0. The number of benzene rings is 4. The van der Waals surface area contributed by atoms with E-state index < -0.39 is 93.0 Å². The maximum atomic E-state index is 15.4. The molecule has 3 aromatic heterocycles. The van der Waals surface area contributed by atoms with Crippen molar-refractivity contribution in [2.45, 2.75) is 60.9 Å². The maximum Gasteiger partial charge on any atom is 0.390 e. The summed E-state index contributed by atoms with van der Waals surface area (Å²) in [5.74, 6) is -0.734. The van der Waals surface area contributed by atoms with Crippen LogP contribution in [0, 0.1) is 0 Å². The quantitative estimate of drug-likeness (QED) is 0.0426. The predicted octanol–water partition coefficient (Wildman–Crippen LogP) is 7.02. The average molecular weight is 1130 g/mol. The number of aldehydes is 1. The summed E-state index contributed by atoms with van der Waals surface area (Å²) in [4.78, 5) is 77.3. The third kappa shape index (κ3) is 12.3. The minimum atomic E-state index is -4.42. The third-order valence-electron chi connectivity index (χ3n) is 12.3. The van der Waals surface area contributed by atoms with Gasteiger partial charge in [-0.25, -0.2) is 38.5 Å². The van der Waals surface area contributed by atoms with Crippen LogP contribution in [0.5, 0.6) is 17.2 Å². The molecule has 4 N–H and O–H groups in total. The number of rotatable bonds is 14. The van der Waals surface area contributed by atoms with Gasteiger partial charge in [-0.3, -0.25) is 41.8 Å². The fraction of sp³-hybridized carbons (Fsp3) is 0.265. The van der Waals surface area contributed by atoms with Crippen molar-refractivity contribution in [1.82, 2.24) is 29.1 Å². The lowest BCUT2D eigenvalue weighted by molar-refractivity contribution is -0.0610. The van der Waals surface area contributed by atoms with Crippen LogP contribution in [0.25, 0.3) is 11.2 Å². The molecule has 10 rings (SSSR count). The molecule has 4 bridgehead atoms. The first-order valence-electron chi connectivity index (χ1n) is 23.3. The standard InChI is InChI=1S/C49H45N7O17P2S2/c1-65-41-38-23-67-74(63,76-24-29-4-14-34(15-5-29)69-47(60)31-8-2-28(21-57)3-9-31)72-37-20-36(68-45(37)56-27-53-40-43(50)51-26-52-44(40)56)22-66-75(64,73-42(41)46(71-38)55-19-18-39(59)54-49(55)62)77-25-30-6-16-35(17-7-30)70-48(61)32-10-12-33(58)13-11-32/h2-19,21,26-27,36-38,41-42,45-46,58H,20,22-25H2,1H3,(H2,50,51,52)(H,54,59,62)/t36-,37+,38+,41+,42+,45+,46+,74?,75?/m0/s1. The minimum absolute atomic E-state index is 0.00873. The molecule has 400 valence electrons. The fourth-order valence-corrected chi connectivity index (χ4v) is 15.2. The van der Waals surface area contributed by atoms with E-state index in [-0.39, 0.29) is 63.3 Å². The van der Waals surface area contributed by atoms with Crippen molar-refractivity contribution < 1.29 is 70.4 Å². The number of aromatic amines is 1. The number of nitrogens with two attached hydrogens (primary N) is 1. The number of imidazole rings is 1. The monoisotopic (exact) mass is 1130 g/mol. The zero-order valence-electron chi connectivity index (χ0n) is 40.2. The van der Waals surface area contributed by atoms with Crippen LogP contribution in [0.2, 0.25) is 0 Å². The Morgan fingerprint density at radius 2 is 1.38 bits per heavy atom. The van der Waals surface area contributed by atoms with Gasteiger partial charge in [0.25, 0.3) is 5.56 Å². The van der Waals surface area contributed by atoms with Gasteiger partial charge in [-0.2, -0.15) is 0 Å². The number of hydrogen-bond acceptors (Lipinski definition) is 23. The van der Waals surface area contributed by atoms with Crippen LogP contribution < -0.4 is 26.5 Å². The van der Waals surface area contributed by atoms with Crippen LogP contribution in [0.3, 0.4) is 0 Å². The van der Waals surface area contributed by atoms with Crippen molar-refractivity contribution in [1.29, 1.82) is 0 Å². The molecule has 24 nitrogen and oxygen atoms in total. The molecule has 3 saturated heterocycles. The number of ether oxygens (including phenoxy) is 5. The number of nitrogens with one attached hydrogen (secondary N) is 1. The molecule has 7 aromatic rings. The van der Waals surface area contributed by atoms with Crippen molar-refractivity contribution >= 4 is 71.6 Å². The van der Waals surface area contributed by atoms with Crippen LogP contribution in [0.15, 0.2) is 132 Å². The largest absolute Gasteiger partial charge is 0.508 e. The lowest BCUT2D eigenvalue weighted by atomic mass is 10.1. The molecule has 28 heteroatoms. The summed E-state index contributed by atoms with van der Waals surface area (Å²) in [6.07, 6.45) is -3.85. The molecule has 0 spiro atoms. The van der Waals surface area contributed by atoms with E-state index in [4.69, 9.17) is 47.5 Å². The number of nitrogen functional groups attached to an aromatic ring is 1. The molecule has 6 heterocycles. The average Bonchev–Trinajstić information content (AvgIpc) is 4.22. The van der Waals surface area contributed by atoms with Crippen LogP contribution in [-0.2, 0) is 52.9 Å². The van der Waals surface area contributed by atoms with Gasteiger partial charge in [0.1, 0.15) is 59.8 Å². The van der Waals surface area contributed by atoms with Gasteiger partial charge in [-0.05, 0) is 94.6 Å². The number of nitrogens with zero attached hydrogens (tertiary/aromatic N) is 5. The number of aromatic nitrogens is 6. The number of aromatic hydroxyl groups is 1. The van der Waals surface area contributed by atoms with E-state index in [9.17, 15) is 29.1 Å². The molecule has 4 aromatic carbocycles. The lowest BCUT2D eigenvalue weighted by Gasteiger charge is -2.29. The predicted molar refractivity (Wildman–Crippen MR) is 276 cm³/mol. The number of phenolic OH excluding ortho intramolecular Hbond substituents is 1. The smallest absolute Gasteiger partial charge is 0.390 e. The molecule has 2 unspecified atom stereocenters. The van der Waals surface area contributed by atoms with Crippen molar-refractivity contribution in [3.05, 3.63) is 171 Å². The number of H-pyrrole nitrogens is 1. The molecule has 77 heavy (non-hydrogen) atoms.